The molecule has 0 bridgehead atoms. The second kappa shape index (κ2) is 9.67. The quantitative estimate of drug-likeness (QED) is 0.363. The van der Waals surface area contributed by atoms with E-state index in [0.29, 0.717) is 29.4 Å². The first-order chi connectivity index (χ1) is 11.0. The number of carbonyl (C=O) groups excluding carboxylic acids is 1. The molecule has 0 atom stereocenters. The summed E-state index contributed by atoms with van der Waals surface area (Å²) in [6, 6.07) is 6.57. The van der Waals surface area contributed by atoms with Crippen LogP contribution in [-0.2, 0) is 11.3 Å². The molecule has 126 valence electrons. The van der Waals surface area contributed by atoms with E-state index in [4.69, 9.17) is 20.8 Å². The number of carbonyl (C=O) groups is 1. The number of halogens is 2. The van der Waals surface area contributed by atoms with Gasteiger partial charge in [-0.2, -0.15) is 5.53 Å². The second-order valence-electron chi connectivity index (χ2n) is 4.34. The van der Waals surface area contributed by atoms with Gasteiger partial charge in [0.25, 0.3) is 0 Å². The highest BCUT2D eigenvalue weighted by Gasteiger charge is 2.16. The van der Waals surface area contributed by atoms with Crippen molar-refractivity contribution in [3.05, 3.63) is 47.1 Å². The van der Waals surface area contributed by atoms with Gasteiger partial charge in [-0.25, -0.2) is 4.39 Å². The lowest BCUT2D eigenvalue weighted by atomic mass is 10.2. The normalized spacial score (nSPS) is 9.61. The van der Waals surface area contributed by atoms with E-state index in [0.717, 1.165) is 5.76 Å². The lowest BCUT2D eigenvalue weighted by molar-refractivity contribution is -0.110. The highest BCUT2D eigenvalue weighted by molar-refractivity contribution is 6.34. The molecule has 23 heavy (non-hydrogen) atoms. The topological polar surface area (TPSA) is 95.6 Å². The molecule has 0 aliphatic heterocycles. The van der Waals surface area contributed by atoms with Crippen LogP contribution in [0.5, 0.6) is 0 Å². The molecule has 0 aliphatic carbocycles. The Morgan fingerprint density at radius 1 is 1.43 bits per heavy atom. The maximum absolute atomic E-state index is 13.7. The van der Waals surface area contributed by atoms with Crippen LogP contribution in [0.3, 0.4) is 0 Å². The molecule has 0 fully saturated rings. The van der Waals surface area contributed by atoms with E-state index < -0.39 is 0 Å². The Kier molecular flexibility index (Phi) is 7.89. The summed E-state index contributed by atoms with van der Waals surface area (Å²) in [5.74, 6) is 5.01. The molecular formula is C14H19ClFN5O2. The number of hydrogen-bond donors (Lipinski definition) is 4. The first-order valence-corrected chi connectivity index (χ1v) is 6.97. The lowest BCUT2D eigenvalue weighted by Gasteiger charge is -2.23. The van der Waals surface area contributed by atoms with Crippen LogP contribution in [0.4, 0.5) is 15.8 Å². The summed E-state index contributed by atoms with van der Waals surface area (Å²) in [4.78, 5) is 11.0. The maximum Gasteiger partial charge on any atom is 0.222 e. The Hall–Kier alpha value is -2.29. The molecular weight excluding hydrogens is 325 g/mol. The first kappa shape index (κ1) is 18.8. The molecule has 2 rings (SSSR count). The molecule has 1 heterocycles. The average Bonchev–Trinajstić information content (AvgIpc) is 3.03. The SMILES string of the molecule is CNc1c(F)ccc(Cl)c1N(C)Cc1ccco1.NNNC=O. The Morgan fingerprint density at radius 3 is 2.65 bits per heavy atom. The molecule has 0 saturated carbocycles. The Bertz CT molecular complexity index is 609. The number of nitrogens with one attached hydrogen (secondary N) is 3. The molecule has 2 aromatic rings. The molecule has 5 N–H and O–H groups in total. The smallest absolute Gasteiger partial charge is 0.222 e. The summed E-state index contributed by atoms with van der Waals surface area (Å²) in [6.07, 6.45) is 2.05. The van der Waals surface area contributed by atoms with Crippen molar-refractivity contribution in [1.82, 2.24) is 11.0 Å². The van der Waals surface area contributed by atoms with Crippen LogP contribution in [0.15, 0.2) is 34.9 Å². The summed E-state index contributed by atoms with van der Waals surface area (Å²) in [6.45, 7) is 0.519. The van der Waals surface area contributed by atoms with Crippen LogP contribution < -0.4 is 27.0 Å². The van der Waals surface area contributed by atoms with Gasteiger partial charge < -0.3 is 14.6 Å². The highest BCUT2D eigenvalue weighted by atomic mass is 35.5. The second-order valence-corrected chi connectivity index (χ2v) is 4.75. The molecule has 0 saturated heterocycles. The van der Waals surface area contributed by atoms with Crippen LogP contribution in [0.25, 0.3) is 0 Å². The summed E-state index contributed by atoms with van der Waals surface area (Å²) in [5, 5.41) is 3.33. The number of amides is 1. The largest absolute Gasteiger partial charge is 0.467 e. The zero-order valence-electron chi connectivity index (χ0n) is 12.8. The molecule has 1 amide bonds. The van der Waals surface area contributed by atoms with Gasteiger partial charge in [0, 0.05) is 14.1 Å². The van der Waals surface area contributed by atoms with Crippen molar-refractivity contribution >= 4 is 29.4 Å². The number of anilines is 2. The minimum atomic E-state index is -0.330. The molecule has 1 aromatic heterocycles. The molecule has 0 spiro atoms. The Labute approximate surface area is 138 Å². The Balaban J connectivity index is 0.000000463. The number of hydrazine groups is 2. The zero-order chi connectivity index (χ0) is 17.2. The van der Waals surface area contributed by atoms with E-state index in [-0.39, 0.29) is 5.82 Å². The predicted molar refractivity (Wildman–Crippen MR) is 88.3 cm³/mol. The van der Waals surface area contributed by atoms with Crippen molar-refractivity contribution in [2.75, 3.05) is 24.3 Å². The first-order valence-electron chi connectivity index (χ1n) is 6.59. The standard InChI is InChI=1S/C13H14ClFN2O.CH5N3O/c1-16-12-11(15)6-5-10(14)13(12)17(2)8-9-4-3-7-18-9;2-4-3-1-5/h3-7,16H,8H2,1-2H3;1,4H,2H2,(H,3,5). The van der Waals surface area contributed by atoms with Crippen LogP contribution in [0.2, 0.25) is 5.02 Å². The third kappa shape index (κ3) is 5.44. The van der Waals surface area contributed by atoms with Crippen LogP contribution in [0, 0.1) is 5.82 Å². The van der Waals surface area contributed by atoms with Crippen molar-refractivity contribution in [2.24, 2.45) is 5.84 Å². The fraction of sp³-hybridized carbons (Fsp3) is 0.214. The number of nitrogens with two attached hydrogens (primary N) is 1. The monoisotopic (exact) mass is 343 g/mol. The van der Waals surface area contributed by atoms with Gasteiger partial charge in [-0.3, -0.25) is 16.1 Å². The summed E-state index contributed by atoms with van der Waals surface area (Å²) >= 11 is 6.14. The summed E-state index contributed by atoms with van der Waals surface area (Å²) in [7, 11) is 3.50. The van der Waals surface area contributed by atoms with E-state index in [1.165, 1.54) is 6.07 Å². The van der Waals surface area contributed by atoms with Gasteiger partial charge in [-0.15, -0.1) is 0 Å². The van der Waals surface area contributed by atoms with Crippen LogP contribution in [0.1, 0.15) is 5.76 Å². The van der Waals surface area contributed by atoms with Gasteiger partial charge in [-0.05, 0) is 24.3 Å². The third-order valence-electron chi connectivity index (χ3n) is 2.82. The summed E-state index contributed by atoms with van der Waals surface area (Å²) in [5.41, 5.74) is 4.86. The van der Waals surface area contributed by atoms with Crippen molar-refractivity contribution < 1.29 is 13.6 Å². The Morgan fingerprint density at radius 2 is 2.17 bits per heavy atom. The molecule has 9 heteroatoms. The van der Waals surface area contributed by atoms with Gasteiger partial charge in [0.05, 0.1) is 29.2 Å². The van der Waals surface area contributed by atoms with Gasteiger partial charge in [-0.1, -0.05) is 11.6 Å². The molecule has 0 aliphatic rings. The minimum Gasteiger partial charge on any atom is -0.467 e. The number of hydrogen-bond acceptors (Lipinski definition) is 6. The maximum atomic E-state index is 13.7. The minimum absolute atomic E-state index is 0.330. The number of furan rings is 1. The van der Waals surface area contributed by atoms with Gasteiger partial charge in [0.15, 0.2) is 0 Å². The fourth-order valence-electron chi connectivity index (χ4n) is 1.90. The van der Waals surface area contributed by atoms with Crippen LogP contribution in [-0.4, -0.2) is 20.5 Å². The van der Waals surface area contributed by atoms with E-state index in [1.54, 1.807) is 19.4 Å². The molecule has 0 unspecified atom stereocenters. The van der Waals surface area contributed by atoms with Crippen molar-refractivity contribution in [3.8, 4) is 0 Å². The van der Waals surface area contributed by atoms with Crippen molar-refractivity contribution in [3.63, 3.8) is 0 Å². The number of benzene rings is 1. The van der Waals surface area contributed by atoms with Crippen molar-refractivity contribution in [1.29, 1.82) is 0 Å². The number of nitrogens with zero attached hydrogens (tertiary/aromatic N) is 1. The van der Waals surface area contributed by atoms with Crippen molar-refractivity contribution in [2.45, 2.75) is 6.54 Å². The van der Waals surface area contributed by atoms with E-state index in [1.807, 2.05) is 35.0 Å². The third-order valence-corrected chi connectivity index (χ3v) is 3.13. The van der Waals surface area contributed by atoms with Crippen LogP contribution >= 0.6 is 11.6 Å². The van der Waals surface area contributed by atoms with Gasteiger partial charge in [0.2, 0.25) is 6.41 Å². The summed E-state index contributed by atoms with van der Waals surface area (Å²) < 4.78 is 19.0. The highest BCUT2D eigenvalue weighted by Crippen LogP contribution is 2.35. The van der Waals surface area contributed by atoms with Gasteiger partial charge >= 0.3 is 0 Å². The predicted octanol–water partition coefficient (Wildman–Crippen LogP) is 1.86. The lowest BCUT2D eigenvalue weighted by Crippen LogP contribution is -2.36. The van der Waals surface area contributed by atoms with Gasteiger partial charge in [0.1, 0.15) is 11.6 Å². The fourth-order valence-corrected chi connectivity index (χ4v) is 2.20. The zero-order valence-corrected chi connectivity index (χ0v) is 13.5. The molecule has 1 aromatic carbocycles. The number of rotatable bonds is 6. The van der Waals surface area contributed by atoms with E-state index >= 15 is 0 Å². The average molecular weight is 344 g/mol. The molecule has 7 nitrogen and oxygen atoms in total. The molecule has 0 radical (unpaired) electrons. The van der Waals surface area contributed by atoms with E-state index in [2.05, 4.69) is 11.2 Å². The van der Waals surface area contributed by atoms with E-state index in [9.17, 15) is 4.39 Å².